The molecule has 38 heavy (non-hydrogen) atoms. The van der Waals surface area contributed by atoms with Gasteiger partial charge in [-0.3, -0.25) is 4.79 Å². The molecule has 1 aliphatic rings. The van der Waals surface area contributed by atoms with Crippen LogP contribution in [0, 0.1) is 0 Å². The summed E-state index contributed by atoms with van der Waals surface area (Å²) in [6.45, 7) is -0.651. The summed E-state index contributed by atoms with van der Waals surface area (Å²) < 4.78 is 89.7. The summed E-state index contributed by atoms with van der Waals surface area (Å²) in [5, 5.41) is 3.07. The Hall–Kier alpha value is -3.93. The van der Waals surface area contributed by atoms with Gasteiger partial charge in [0, 0.05) is 5.56 Å². The van der Waals surface area contributed by atoms with Gasteiger partial charge in [0.1, 0.15) is 6.61 Å². The standard InChI is InChI=1S/C26H18F6N2O3S/c1-36-21-11-15(12-22-23(35)34-24(38-22)33-18-5-3-2-4-6-18)7-10-20(21)37-14-16-8-9-17(25(27,28)29)13-19(16)26(30,31)32/h2-13H,14H2,1H3,(H,33,34,35)/b22-12-. The number of thioether (sulfide) groups is 1. The minimum atomic E-state index is -5.01. The molecule has 0 bridgehead atoms. The molecule has 1 aliphatic heterocycles. The first-order valence-corrected chi connectivity index (χ1v) is 11.7. The molecule has 198 valence electrons. The predicted molar refractivity (Wildman–Crippen MR) is 131 cm³/mol. The Labute approximate surface area is 217 Å². The molecule has 12 heteroatoms. The molecule has 4 rings (SSSR count). The molecule has 0 radical (unpaired) electrons. The van der Waals surface area contributed by atoms with Gasteiger partial charge in [0.25, 0.3) is 5.91 Å². The van der Waals surface area contributed by atoms with Crippen molar-refractivity contribution < 1.29 is 40.6 Å². The molecule has 0 aliphatic carbocycles. The summed E-state index contributed by atoms with van der Waals surface area (Å²) in [7, 11) is 1.32. The van der Waals surface area contributed by atoms with Gasteiger partial charge in [-0.2, -0.15) is 26.3 Å². The van der Waals surface area contributed by atoms with E-state index in [9.17, 15) is 31.1 Å². The fourth-order valence-corrected chi connectivity index (χ4v) is 4.28. The van der Waals surface area contributed by atoms with Gasteiger partial charge in [0.2, 0.25) is 0 Å². The predicted octanol–water partition coefficient (Wildman–Crippen LogP) is 7.20. The fraction of sp³-hybridized carbons (Fsp3) is 0.154. The Morgan fingerprint density at radius 3 is 2.32 bits per heavy atom. The van der Waals surface area contributed by atoms with E-state index in [2.05, 4.69) is 10.3 Å². The molecular weight excluding hydrogens is 534 g/mol. The maximum absolute atomic E-state index is 13.4. The largest absolute Gasteiger partial charge is 0.493 e. The Morgan fingerprint density at radius 1 is 0.921 bits per heavy atom. The second kappa shape index (κ2) is 10.8. The van der Waals surface area contributed by atoms with Crippen molar-refractivity contribution in [1.82, 2.24) is 5.32 Å². The summed E-state index contributed by atoms with van der Waals surface area (Å²) in [5.41, 5.74) is -2.11. The quantitative estimate of drug-likeness (QED) is 0.260. The summed E-state index contributed by atoms with van der Waals surface area (Å²) in [5.74, 6) is -0.134. The van der Waals surface area contributed by atoms with Crippen molar-refractivity contribution in [2.24, 2.45) is 4.99 Å². The zero-order valence-corrected chi connectivity index (χ0v) is 20.3. The average molecular weight is 552 g/mol. The molecule has 0 unspecified atom stereocenters. The van der Waals surface area contributed by atoms with Crippen LogP contribution >= 0.6 is 11.8 Å². The highest BCUT2D eigenvalue weighted by molar-refractivity contribution is 8.18. The zero-order valence-electron chi connectivity index (χ0n) is 19.5. The first-order chi connectivity index (χ1) is 17.9. The van der Waals surface area contributed by atoms with Crippen molar-refractivity contribution >= 4 is 34.6 Å². The minimum absolute atomic E-state index is 0.0604. The van der Waals surface area contributed by atoms with Crippen LogP contribution in [-0.2, 0) is 23.8 Å². The first kappa shape index (κ1) is 27.1. The third-order valence-corrected chi connectivity index (χ3v) is 6.16. The molecule has 1 fully saturated rings. The van der Waals surface area contributed by atoms with E-state index in [-0.39, 0.29) is 23.5 Å². The Kier molecular flexibility index (Phi) is 7.72. The van der Waals surface area contributed by atoms with Crippen LogP contribution in [0.3, 0.4) is 0 Å². The summed E-state index contributed by atoms with van der Waals surface area (Å²) >= 11 is 1.13. The van der Waals surface area contributed by atoms with Crippen LogP contribution in [0.25, 0.3) is 6.08 Å². The van der Waals surface area contributed by atoms with Crippen molar-refractivity contribution in [3.63, 3.8) is 0 Å². The maximum Gasteiger partial charge on any atom is 0.416 e. The van der Waals surface area contributed by atoms with Gasteiger partial charge < -0.3 is 14.8 Å². The normalized spacial score (nSPS) is 16.1. The molecule has 1 heterocycles. The van der Waals surface area contributed by atoms with Gasteiger partial charge in [-0.05, 0) is 59.8 Å². The second-order valence-electron chi connectivity index (χ2n) is 7.88. The molecule has 1 N–H and O–H groups in total. The van der Waals surface area contributed by atoms with Crippen LogP contribution in [0.15, 0.2) is 76.6 Å². The average Bonchev–Trinajstić information content (AvgIpc) is 3.20. The number of para-hydroxylation sites is 1. The van der Waals surface area contributed by atoms with Crippen molar-refractivity contribution in [3.8, 4) is 11.5 Å². The summed E-state index contributed by atoms with van der Waals surface area (Å²) in [6, 6.07) is 14.9. The number of carbonyl (C=O) groups excluding carboxylic acids is 1. The number of benzene rings is 3. The number of nitrogens with one attached hydrogen (secondary N) is 1. The van der Waals surface area contributed by atoms with Gasteiger partial charge >= 0.3 is 12.4 Å². The number of carbonyl (C=O) groups is 1. The van der Waals surface area contributed by atoms with E-state index in [1.165, 1.54) is 19.2 Å². The van der Waals surface area contributed by atoms with Crippen LogP contribution in [-0.4, -0.2) is 18.2 Å². The number of halogens is 6. The molecule has 0 atom stereocenters. The van der Waals surface area contributed by atoms with Gasteiger partial charge in [0.15, 0.2) is 16.7 Å². The number of amidine groups is 1. The Morgan fingerprint density at radius 2 is 1.66 bits per heavy atom. The molecule has 0 saturated carbocycles. The highest BCUT2D eigenvalue weighted by atomic mass is 32.2. The van der Waals surface area contributed by atoms with E-state index >= 15 is 0 Å². The van der Waals surface area contributed by atoms with E-state index in [1.807, 2.05) is 18.2 Å². The monoisotopic (exact) mass is 552 g/mol. The van der Waals surface area contributed by atoms with E-state index in [4.69, 9.17) is 9.47 Å². The van der Waals surface area contributed by atoms with Crippen LogP contribution in [0.4, 0.5) is 32.0 Å². The lowest BCUT2D eigenvalue weighted by Crippen LogP contribution is -2.19. The number of ether oxygens (including phenoxy) is 2. The minimum Gasteiger partial charge on any atom is -0.493 e. The number of amides is 1. The number of hydrogen-bond acceptors (Lipinski definition) is 5. The molecule has 0 aromatic heterocycles. The third-order valence-electron chi connectivity index (χ3n) is 5.25. The van der Waals surface area contributed by atoms with Gasteiger partial charge in [-0.25, -0.2) is 4.99 Å². The van der Waals surface area contributed by atoms with Crippen molar-refractivity contribution in [2.75, 3.05) is 7.11 Å². The SMILES string of the molecule is COc1cc(/C=C2\SC(=Nc3ccccc3)NC2=O)ccc1OCc1ccc(C(F)(F)F)cc1C(F)(F)F. The molecule has 5 nitrogen and oxygen atoms in total. The topological polar surface area (TPSA) is 59.9 Å². The van der Waals surface area contributed by atoms with E-state index in [0.717, 1.165) is 17.8 Å². The van der Waals surface area contributed by atoms with E-state index in [0.29, 0.717) is 27.4 Å². The second-order valence-corrected chi connectivity index (χ2v) is 8.91. The van der Waals surface area contributed by atoms with Crippen LogP contribution in [0.1, 0.15) is 22.3 Å². The van der Waals surface area contributed by atoms with Gasteiger partial charge in [-0.15, -0.1) is 0 Å². The Balaban J connectivity index is 1.52. The lowest BCUT2D eigenvalue weighted by Gasteiger charge is -2.17. The highest BCUT2D eigenvalue weighted by Gasteiger charge is 2.38. The number of aliphatic imine (C=N–C) groups is 1. The number of methoxy groups -OCH3 is 1. The van der Waals surface area contributed by atoms with Crippen molar-refractivity contribution in [1.29, 1.82) is 0 Å². The highest BCUT2D eigenvalue weighted by Crippen LogP contribution is 2.38. The number of hydrogen-bond donors (Lipinski definition) is 1. The lowest BCUT2D eigenvalue weighted by atomic mass is 10.0. The molecular formula is C26H18F6N2O3S. The lowest BCUT2D eigenvalue weighted by molar-refractivity contribution is -0.143. The fourth-order valence-electron chi connectivity index (χ4n) is 3.44. The van der Waals surface area contributed by atoms with Crippen LogP contribution in [0.2, 0.25) is 0 Å². The molecule has 0 spiro atoms. The van der Waals surface area contributed by atoms with E-state index in [1.54, 1.807) is 24.3 Å². The van der Waals surface area contributed by atoms with Crippen LogP contribution < -0.4 is 14.8 Å². The third kappa shape index (κ3) is 6.49. The van der Waals surface area contributed by atoms with Crippen LogP contribution in [0.5, 0.6) is 11.5 Å². The van der Waals surface area contributed by atoms with Crippen molar-refractivity contribution in [3.05, 3.63) is 93.9 Å². The van der Waals surface area contributed by atoms with Gasteiger partial charge in [-0.1, -0.05) is 30.3 Å². The van der Waals surface area contributed by atoms with E-state index < -0.39 is 35.6 Å². The number of rotatable bonds is 6. The van der Waals surface area contributed by atoms with Gasteiger partial charge in [0.05, 0.1) is 28.8 Å². The maximum atomic E-state index is 13.4. The molecule has 1 amide bonds. The number of alkyl halides is 6. The Bertz CT molecular complexity index is 1400. The molecule has 1 saturated heterocycles. The number of nitrogens with zero attached hydrogens (tertiary/aromatic N) is 1. The van der Waals surface area contributed by atoms with Crippen molar-refractivity contribution in [2.45, 2.75) is 19.0 Å². The first-order valence-electron chi connectivity index (χ1n) is 10.9. The summed E-state index contributed by atoms with van der Waals surface area (Å²) in [6.07, 6.45) is -8.35. The molecule has 3 aromatic carbocycles. The molecule has 3 aromatic rings. The zero-order chi connectivity index (χ0) is 27.5. The summed E-state index contributed by atoms with van der Waals surface area (Å²) in [4.78, 5) is 17.1. The smallest absolute Gasteiger partial charge is 0.416 e.